The van der Waals surface area contributed by atoms with E-state index in [0.29, 0.717) is 22.4 Å². The Morgan fingerprint density at radius 3 is 2.62 bits per heavy atom. The van der Waals surface area contributed by atoms with Gasteiger partial charge in [-0.25, -0.2) is 4.79 Å². The Bertz CT molecular complexity index is 1130. The summed E-state index contributed by atoms with van der Waals surface area (Å²) in [7, 11) is 0. The molecule has 0 aliphatic carbocycles. The summed E-state index contributed by atoms with van der Waals surface area (Å²) in [5.74, 6) is 1.03. The molecule has 2 aromatic heterocycles. The summed E-state index contributed by atoms with van der Waals surface area (Å²) in [6, 6.07) is 15.2. The van der Waals surface area contributed by atoms with Gasteiger partial charge in [0.2, 0.25) is 5.89 Å². The van der Waals surface area contributed by atoms with Crippen molar-refractivity contribution in [3.05, 3.63) is 75.6 Å². The number of fused-ring (bicyclic) bond motifs is 1. The molecule has 0 radical (unpaired) electrons. The van der Waals surface area contributed by atoms with Crippen molar-refractivity contribution in [3.63, 3.8) is 0 Å². The second kappa shape index (κ2) is 6.80. The summed E-state index contributed by atoms with van der Waals surface area (Å²) in [6.07, 6.45) is 0. The predicted molar refractivity (Wildman–Crippen MR) is 101 cm³/mol. The van der Waals surface area contributed by atoms with Crippen molar-refractivity contribution in [2.45, 2.75) is 24.8 Å². The fourth-order valence-electron chi connectivity index (χ4n) is 2.75. The van der Waals surface area contributed by atoms with E-state index in [4.69, 9.17) is 8.83 Å². The normalized spacial score (nSPS) is 11.2. The van der Waals surface area contributed by atoms with E-state index in [-0.39, 0.29) is 5.63 Å². The fraction of sp³-hybridized carbons (Fsp3) is 0.150. The minimum Gasteiger partial charge on any atom is -0.422 e. The zero-order valence-electron chi connectivity index (χ0n) is 14.4. The quantitative estimate of drug-likeness (QED) is 0.384. The molecule has 0 atom stereocenters. The van der Waals surface area contributed by atoms with Crippen LogP contribution in [-0.4, -0.2) is 10.2 Å². The molecule has 5 nitrogen and oxygen atoms in total. The highest BCUT2D eigenvalue weighted by molar-refractivity contribution is 7.98. The van der Waals surface area contributed by atoms with Gasteiger partial charge in [0.15, 0.2) is 0 Å². The number of hydrogen-bond donors (Lipinski definition) is 0. The number of aromatic nitrogens is 2. The van der Waals surface area contributed by atoms with Gasteiger partial charge in [-0.15, -0.1) is 10.2 Å². The van der Waals surface area contributed by atoms with Crippen LogP contribution in [0.5, 0.6) is 0 Å². The van der Waals surface area contributed by atoms with E-state index in [0.717, 1.165) is 27.6 Å². The number of hydrogen-bond acceptors (Lipinski definition) is 6. The minimum atomic E-state index is -0.350. The van der Waals surface area contributed by atoms with Crippen LogP contribution in [0.2, 0.25) is 0 Å². The lowest BCUT2D eigenvalue weighted by molar-refractivity contribution is 0.466. The molecule has 0 unspecified atom stereocenters. The number of thioether (sulfide) groups is 1. The van der Waals surface area contributed by atoms with E-state index in [2.05, 4.69) is 10.2 Å². The van der Waals surface area contributed by atoms with Crippen molar-refractivity contribution in [3.8, 4) is 11.5 Å². The van der Waals surface area contributed by atoms with E-state index in [1.54, 1.807) is 0 Å². The van der Waals surface area contributed by atoms with Crippen molar-refractivity contribution >= 4 is 22.7 Å². The third-order valence-electron chi connectivity index (χ3n) is 4.30. The van der Waals surface area contributed by atoms with Gasteiger partial charge < -0.3 is 8.83 Å². The standard InChI is InChI=1S/C20H16N2O3S/c1-12-8-9-16-15(10-17(23)24-18(16)13(12)2)11-26-20-22-21-19(25-20)14-6-4-3-5-7-14/h3-10H,11H2,1-2H3. The first-order chi connectivity index (χ1) is 12.6. The van der Waals surface area contributed by atoms with Crippen LogP contribution >= 0.6 is 11.8 Å². The maximum absolute atomic E-state index is 11.9. The van der Waals surface area contributed by atoms with Crippen LogP contribution in [0.3, 0.4) is 0 Å². The molecule has 0 N–H and O–H groups in total. The average Bonchev–Trinajstić information content (AvgIpc) is 3.13. The van der Waals surface area contributed by atoms with Gasteiger partial charge >= 0.3 is 5.63 Å². The van der Waals surface area contributed by atoms with Crippen LogP contribution in [0.15, 0.2) is 67.4 Å². The Morgan fingerprint density at radius 2 is 1.81 bits per heavy atom. The minimum absolute atomic E-state index is 0.350. The van der Waals surface area contributed by atoms with Gasteiger partial charge in [-0.2, -0.15) is 0 Å². The van der Waals surface area contributed by atoms with Crippen LogP contribution in [0.1, 0.15) is 16.7 Å². The van der Waals surface area contributed by atoms with Crippen LogP contribution in [-0.2, 0) is 5.75 Å². The molecular formula is C20H16N2O3S. The highest BCUT2D eigenvalue weighted by Crippen LogP contribution is 2.29. The van der Waals surface area contributed by atoms with E-state index in [1.165, 1.54) is 17.8 Å². The summed E-state index contributed by atoms with van der Waals surface area (Å²) < 4.78 is 11.1. The smallest absolute Gasteiger partial charge is 0.336 e. The first-order valence-electron chi connectivity index (χ1n) is 8.16. The van der Waals surface area contributed by atoms with Crippen LogP contribution in [0.25, 0.3) is 22.4 Å². The monoisotopic (exact) mass is 364 g/mol. The maximum Gasteiger partial charge on any atom is 0.336 e. The molecule has 130 valence electrons. The Morgan fingerprint density at radius 1 is 1.00 bits per heavy atom. The SMILES string of the molecule is Cc1ccc2c(CSc3nnc(-c4ccccc4)o3)cc(=O)oc2c1C. The average molecular weight is 364 g/mol. The summed E-state index contributed by atoms with van der Waals surface area (Å²) in [5, 5.41) is 9.57. The predicted octanol–water partition coefficient (Wildman–Crippen LogP) is 4.75. The van der Waals surface area contributed by atoms with Crippen molar-refractivity contribution < 1.29 is 8.83 Å². The van der Waals surface area contributed by atoms with Crippen molar-refractivity contribution in [1.82, 2.24) is 10.2 Å². The Hall–Kier alpha value is -2.86. The first-order valence-corrected chi connectivity index (χ1v) is 9.15. The number of nitrogens with zero attached hydrogens (tertiary/aromatic N) is 2. The highest BCUT2D eigenvalue weighted by atomic mass is 32.2. The Labute approximate surface area is 154 Å². The number of aryl methyl sites for hydroxylation is 2. The van der Waals surface area contributed by atoms with E-state index in [9.17, 15) is 4.79 Å². The Kier molecular flexibility index (Phi) is 4.34. The first kappa shape index (κ1) is 16.6. The molecule has 0 saturated carbocycles. The lowest BCUT2D eigenvalue weighted by Crippen LogP contribution is -2.01. The number of rotatable bonds is 4. The summed E-state index contributed by atoms with van der Waals surface area (Å²) >= 11 is 1.40. The molecule has 4 rings (SSSR count). The lowest BCUT2D eigenvalue weighted by atomic mass is 10.0. The van der Waals surface area contributed by atoms with Gasteiger partial charge in [-0.3, -0.25) is 0 Å². The Balaban J connectivity index is 1.62. The van der Waals surface area contributed by atoms with E-state index in [1.807, 2.05) is 56.3 Å². The number of benzene rings is 2. The van der Waals surface area contributed by atoms with Crippen LogP contribution in [0, 0.1) is 13.8 Å². The zero-order valence-corrected chi connectivity index (χ0v) is 15.2. The van der Waals surface area contributed by atoms with Crippen molar-refractivity contribution in [2.24, 2.45) is 0 Å². The van der Waals surface area contributed by atoms with E-state index < -0.39 is 0 Å². The molecule has 0 amide bonds. The molecule has 4 aromatic rings. The largest absolute Gasteiger partial charge is 0.422 e. The van der Waals surface area contributed by atoms with Gasteiger partial charge in [0.05, 0.1) is 0 Å². The summed E-state index contributed by atoms with van der Waals surface area (Å²) in [5.41, 5.74) is 4.14. The third kappa shape index (κ3) is 3.15. The molecule has 0 bridgehead atoms. The van der Waals surface area contributed by atoms with Gasteiger partial charge in [0, 0.05) is 22.8 Å². The molecule has 0 saturated heterocycles. The molecule has 0 aliphatic heterocycles. The molecule has 6 heteroatoms. The fourth-order valence-corrected chi connectivity index (χ4v) is 3.50. The summed E-state index contributed by atoms with van der Waals surface area (Å²) in [4.78, 5) is 11.9. The van der Waals surface area contributed by atoms with Crippen LogP contribution in [0.4, 0.5) is 0 Å². The van der Waals surface area contributed by atoms with Gasteiger partial charge in [0.1, 0.15) is 5.58 Å². The molecule has 0 aliphatic rings. The van der Waals surface area contributed by atoms with Crippen LogP contribution < -0.4 is 5.63 Å². The highest BCUT2D eigenvalue weighted by Gasteiger charge is 2.13. The zero-order chi connectivity index (χ0) is 18.1. The lowest BCUT2D eigenvalue weighted by Gasteiger charge is -2.07. The second-order valence-electron chi connectivity index (χ2n) is 6.00. The van der Waals surface area contributed by atoms with Gasteiger partial charge in [-0.1, -0.05) is 42.1 Å². The topological polar surface area (TPSA) is 69.1 Å². The van der Waals surface area contributed by atoms with Crippen molar-refractivity contribution in [1.29, 1.82) is 0 Å². The van der Waals surface area contributed by atoms with Gasteiger partial charge in [0.25, 0.3) is 5.22 Å². The third-order valence-corrected chi connectivity index (χ3v) is 5.16. The van der Waals surface area contributed by atoms with Crippen molar-refractivity contribution in [2.75, 3.05) is 0 Å². The molecule has 0 spiro atoms. The molecule has 2 heterocycles. The molecule has 0 fully saturated rings. The molecular weight excluding hydrogens is 348 g/mol. The molecule has 26 heavy (non-hydrogen) atoms. The summed E-state index contributed by atoms with van der Waals surface area (Å²) in [6.45, 7) is 3.96. The van der Waals surface area contributed by atoms with Gasteiger partial charge in [-0.05, 0) is 42.7 Å². The molecule has 2 aromatic carbocycles. The van der Waals surface area contributed by atoms with E-state index >= 15 is 0 Å². The maximum atomic E-state index is 11.9. The second-order valence-corrected chi connectivity index (χ2v) is 6.93.